The molecule has 2 aromatic heterocycles. The van der Waals surface area contributed by atoms with Crippen LogP contribution in [0, 0.1) is 6.92 Å². The van der Waals surface area contributed by atoms with Crippen LogP contribution in [0.15, 0.2) is 40.3 Å². The maximum Gasteiger partial charge on any atom is 0.295 e. The molecule has 0 aliphatic heterocycles. The van der Waals surface area contributed by atoms with Gasteiger partial charge in [0.1, 0.15) is 11.5 Å². The van der Waals surface area contributed by atoms with E-state index in [0.29, 0.717) is 11.4 Å². The lowest BCUT2D eigenvalue weighted by molar-refractivity contribution is -0.113. The van der Waals surface area contributed by atoms with Crippen molar-refractivity contribution in [3.63, 3.8) is 0 Å². The molecule has 0 radical (unpaired) electrons. The Morgan fingerprint density at radius 1 is 1.20 bits per heavy atom. The van der Waals surface area contributed by atoms with Gasteiger partial charge in [0.05, 0.1) is 17.1 Å². The van der Waals surface area contributed by atoms with E-state index in [9.17, 15) is 9.59 Å². The van der Waals surface area contributed by atoms with E-state index in [0.717, 1.165) is 29.6 Å². The molecule has 1 N–H and O–H groups in total. The summed E-state index contributed by atoms with van der Waals surface area (Å²) in [5.41, 5.74) is 1.48. The third-order valence-corrected chi connectivity index (χ3v) is 5.83. The highest BCUT2D eigenvalue weighted by Crippen LogP contribution is 2.22. The van der Waals surface area contributed by atoms with Gasteiger partial charge in [0, 0.05) is 19.5 Å². The van der Waals surface area contributed by atoms with Gasteiger partial charge in [-0.05, 0) is 25.5 Å². The van der Waals surface area contributed by atoms with Crippen molar-refractivity contribution >= 4 is 23.4 Å². The Morgan fingerprint density at radius 3 is 2.53 bits per heavy atom. The first kappa shape index (κ1) is 21.9. The van der Waals surface area contributed by atoms with Crippen LogP contribution in [0.5, 0.6) is 0 Å². The van der Waals surface area contributed by atoms with Crippen molar-refractivity contribution in [1.29, 1.82) is 0 Å². The highest BCUT2D eigenvalue weighted by atomic mass is 32.2. The molecule has 9 heteroatoms. The molecule has 0 saturated heterocycles. The highest BCUT2D eigenvalue weighted by Gasteiger charge is 2.20. The molecular weight excluding hydrogens is 400 g/mol. The number of hydrogen-bond donors (Lipinski definition) is 1. The number of nitrogens with zero attached hydrogens (tertiary/aromatic N) is 5. The molecule has 0 unspecified atom stereocenters. The molecule has 0 spiro atoms. The summed E-state index contributed by atoms with van der Waals surface area (Å²) in [5, 5.41) is 12.0. The minimum Gasteiger partial charge on any atom is -0.319 e. The molecule has 8 nitrogen and oxygen atoms in total. The SMILES string of the molecule is CCCn1c(SCC(=O)Nc2c(C)n(C)n(-c3ccccc3)c2=O)nnc1C(C)C. The van der Waals surface area contributed by atoms with Crippen molar-refractivity contribution in [3.8, 4) is 5.69 Å². The van der Waals surface area contributed by atoms with Crippen LogP contribution in [0.25, 0.3) is 5.69 Å². The molecule has 30 heavy (non-hydrogen) atoms. The Bertz CT molecular complexity index is 1080. The number of nitrogens with one attached hydrogen (secondary N) is 1. The number of carbonyl (C=O) groups excluding carboxylic acids is 1. The summed E-state index contributed by atoms with van der Waals surface area (Å²) in [6, 6.07) is 9.35. The summed E-state index contributed by atoms with van der Waals surface area (Å²) in [5.74, 6) is 1.09. The average molecular weight is 429 g/mol. The zero-order valence-electron chi connectivity index (χ0n) is 18.0. The van der Waals surface area contributed by atoms with E-state index in [4.69, 9.17) is 0 Å². The smallest absolute Gasteiger partial charge is 0.295 e. The van der Waals surface area contributed by atoms with Gasteiger partial charge in [-0.1, -0.05) is 50.7 Å². The van der Waals surface area contributed by atoms with Crippen molar-refractivity contribution in [2.45, 2.75) is 51.7 Å². The van der Waals surface area contributed by atoms with Crippen molar-refractivity contribution in [2.75, 3.05) is 11.1 Å². The molecule has 160 valence electrons. The third-order valence-electron chi connectivity index (χ3n) is 4.86. The molecule has 0 aliphatic carbocycles. The van der Waals surface area contributed by atoms with E-state index in [1.54, 1.807) is 16.4 Å². The molecule has 0 atom stereocenters. The topological polar surface area (TPSA) is 86.7 Å². The Kier molecular flexibility index (Phi) is 6.81. The van der Waals surface area contributed by atoms with E-state index in [-0.39, 0.29) is 23.1 Å². The van der Waals surface area contributed by atoms with E-state index < -0.39 is 0 Å². The Labute approximate surface area is 180 Å². The lowest BCUT2D eigenvalue weighted by Gasteiger charge is -2.10. The van der Waals surface area contributed by atoms with Crippen molar-refractivity contribution in [3.05, 3.63) is 52.2 Å². The van der Waals surface area contributed by atoms with Crippen LogP contribution in [0.4, 0.5) is 5.69 Å². The number of para-hydroxylation sites is 1. The Morgan fingerprint density at radius 2 is 1.90 bits per heavy atom. The first-order chi connectivity index (χ1) is 14.3. The van der Waals surface area contributed by atoms with Crippen LogP contribution < -0.4 is 10.9 Å². The quantitative estimate of drug-likeness (QED) is 0.556. The van der Waals surface area contributed by atoms with Crippen LogP contribution in [0.1, 0.15) is 44.6 Å². The zero-order valence-corrected chi connectivity index (χ0v) is 18.9. The van der Waals surface area contributed by atoms with E-state index in [1.807, 2.05) is 37.3 Å². The van der Waals surface area contributed by atoms with E-state index >= 15 is 0 Å². The molecular formula is C21H28N6O2S. The van der Waals surface area contributed by atoms with Gasteiger partial charge in [-0.25, -0.2) is 4.68 Å². The maximum absolute atomic E-state index is 12.9. The number of rotatable bonds is 8. The van der Waals surface area contributed by atoms with Crippen LogP contribution in [-0.4, -0.2) is 35.8 Å². The summed E-state index contributed by atoms with van der Waals surface area (Å²) >= 11 is 1.33. The molecule has 0 aliphatic rings. The second kappa shape index (κ2) is 9.34. The fraction of sp³-hybridized carbons (Fsp3) is 0.429. The molecule has 0 bridgehead atoms. The number of carbonyl (C=O) groups is 1. The lowest BCUT2D eigenvalue weighted by Crippen LogP contribution is -2.23. The van der Waals surface area contributed by atoms with Gasteiger partial charge in [-0.2, -0.15) is 0 Å². The van der Waals surface area contributed by atoms with E-state index in [1.165, 1.54) is 11.8 Å². The van der Waals surface area contributed by atoms with E-state index in [2.05, 4.69) is 40.9 Å². The number of aromatic nitrogens is 5. The van der Waals surface area contributed by atoms with Gasteiger partial charge < -0.3 is 9.88 Å². The van der Waals surface area contributed by atoms with Crippen LogP contribution in [0.2, 0.25) is 0 Å². The maximum atomic E-state index is 12.9. The minimum absolute atomic E-state index is 0.152. The van der Waals surface area contributed by atoms with Crippen LogP contribution >= 0.6 is 11.8 Å². The molecule has 1 aromatic carbocycles. The Hall–Kier alpha value is -2.81. The fourth-order valence-corrected chi connectivity index (χ4v) is 4.06. The number of thioether (sulfide) groups is 1. The fourth-order valence-electron chi connectivity index (χ4n) is 3.29. The van der Waals surface area contributed by atoms with Gasteiger partial charge in [-0.3, -0.25) is 14.3 Å². The van der Waals surface area contributed by atoms with Crippen molar-refractivity contribution < 1.29 is 4.79 Å². The van der Waals surface area contributed by atoms with Crippen LogP contribution in [-0.2, 0) is 18.4 Å². The highest BCUT2D eigenvalue weighted by molar-refractivity contribution is 7.99. The Balaban J connectivity index is 1.76. The summed E-state index contributed by atoms with van der Waals surface area (Å²) in [6.45, 7) is 8.88. The number of amides is 1. The first-order valence-corrected chi connectivity index (χ1v) is 11.0. The molecule has 1 amide bonds. The first-order valence-electron chi connectivity index (χ1n) is 10.0. The normalized spacial score (nSPS) is 11.3. The van der Waals surface area contributed by atoms with Crippen molar-refractivity contribution in [2.24, 2.45) is 7.05 Å². The predicted molar refractivity (Wildman–Crippen MR) is 120 cm³/mol. The van der Waals surface area contributed by atoms with Gasteiger partial charge in [0.2, 0.25) is 5.91 Å². The molecule has 2 heterocycles. The van der Waals surface area contributed by atoms with Crippen molar-refractivity contribution in [1.82, 2.24) is 24.1 Å². The molecule has 3 aromatic rings. The van der Waals surface area contributed by atoms with Gasteiger partial charge in [-0.15, -0.1) is 10.2 Å². The second-order valence-electron chi connectivity index (χ2n) is 7.42. The molecule has 3 rings (SSSR count). The standard InChI is InChI=1S/C21H28N6O2S/c1-6-12-26-19(14(2)3)23-24-21(26)30-13-17(28)22-18-15(4)25(5)27(20(18)29)16-10-8-7-9-11-16/h7-11,14H,6,12-13H2,1-5H3,(H,22,28). The largest absolute Gasteiger partial charge is 0.319 e. The summed E-state index contributed by atoms with van der Waals surface area (Å²) in [4.78, 5) is 25.5. The minimum atomic E-state index is -0.254. The predicted octanol–water partition coefficient (Wildman–Crippen LogP) is 3.34. The van der Waals surface area contributed by atoms with Gasteiger partial charge in [0.25, 0.3) is 5.56 Å². The zero-order chi connectivity index (χ0) is 21.8. The van der Waals surface area contributed by atoms with Crippen LogP contribution in [0.3, 0.4) is 0 Å². The summed E-state index contributed by atoms with van der Waals surface area (Å²) in [7, 11) is 1.80. The summed E-state index contributed by atoms with van der Waals surface area (Å²) in [6.07, 6.45) is 0.958. The molecule has 0 saturated carbocycles. The number of hydrogen-bond acceptors (Lipinski definition) is 5. The molecule has 0 fully saturated rings. The second-order valence-corrected chi connectivity index (χ2v) is 8.36. The average Bonchev–Trinajstić information content (AvgIpc) is 3.22. The monoisotopic (exact) mass is 428 g/mol. The third kappa shape index (κ3) is 4.35. The number of benzene rings is 1. The summed E-state index contributed by atoms with van der Waals surface area (Å²) < 4.78 is 5.36. The van der Waals surface area contributed by atoms with Gasteiger partial charge >= 0.3 is 0 Å². The van der Waals surface area contributed by atoms with Gasteiger partial charge in [0.15, 0.2) is 5.16 Å². The lowest BCUT2D eigenvalue weighted by atomic mass is 10.2. The number of anilines is 1.